The summed E-state index contributed by atoms with van der Waals surface area (Å²) in [6.45, 7) is 4.45. The minimum atomic E-state index is -0.888. The van der Waals surface area contributed by atoms with E-state index in [1.807, 2.05) is 21.1 Å². The summed E-state index contributed by atoms with van der Waals surface area (Å²) >= 11 is 0. The van der Waals surface area contributed by atoms with Gasteiger partial charge in [0.25, 0.3) is 0 Å². The summed E-state index contributed by atoms with van der Waals surface area (Å²) in [6, 6.07) is -0.622. The fraction of sp³-hybridized carbons (Fsp3) is 0.694. The fourth-order valence-electron chi connectivity index (χ4n) is 4.34. The lowest BCUT2D eigenvalue weighted by molar-refractivity contribution is -0.887. The first-order valence-electron chi connectivity index (χ1n) is 16.7. The molecule has 0 saturated heterocycles. The van der Waals surface area contributed by atoms with Crippen molar-refractivity contribution in [3.63, 3.8) is 0 Å². The molecule has 44 heavy (non-hydrogen) atoms. The standard InChI is InChI=1S/C36H61NO7/c1-6-8-10-12-14-16-17-19-20-22-24-26-34(38)43-31-32(30-42-29-28-33(36(40)41)37(3,4)5)44-35(39)27-25-23-21-18-15-13-11-9-7-2/h9,11-12,14-18,32-33H,6-8,10,13,19-31H2,1-5H3/p+1/b11-9+,14-12+,17-16+,18-15+. The van der Waals surface area contributed by atoms with Crippen LogP contribution in [-0.2, 0) is 28.6 Å². The zero-order valence-electron chi connectivity index (χ0n) is 28.3. The van der Waals surface area contributed by atoms with Crippen molar-refractivity contribution in [2.45, 2.75) is 122 Å². The van der Waals surface area contributed by atoms with E-state index in [-0.39, 0.29) is 42.7 Å². The van der Waals surface area contributed by atoms with Crippen molar-refractivity contribution in [1.29, 1.82) is 0 Å². The number of carbonyl (C=O) groups excluding carboxylic acids is 2. The number of ether oxygens (including phenoxy) is 3. The fourth-order valence-corrected chi connectivity index (χ4v) is 4.34. The number of unbranched alkanes of at least 4 members (excludes halogenated alkanes) is 7. The average molecular weight is 621 g/mol. The van der Waals surface area contributed by atoms with Crippen molar-refractivity contribution in [2.24, 2.45) is 0 Å². The molecular formula is C36H62NO7+. The predicted molar refractivity (Wildman–Crippen MR) is 178 cm³/mol. The number of quaternary nitrogens is 1. The van der Waals surface area contributed by atoms with E-state index in [0.717, 1.165) is 57.8 Å². The van der Waals surface area contributed by atoms with Gasteiger partial charge in [0.05, 0.1) is 34.4 Å². The van der Waals surface area contributed by atoms with E-state index in [1.54, 1.807) is 0 Å². The first-order chi connectivity index (χ1) is 21.1. The van der Waals surface area contributed by atoms with Gasteiger partial charge in [0.15, 0.2) is 12.1 Å². The van der Waals surface area contributed by atoms with Gasteiger partial charge in [-0.2, -0.15) is 0 Å². The first-order valence-corrected chi connectivity index (χ1v) is 16.7. The van der Waals surface area contributed by atoms with Crippen LogP contribution in [0.4, 0.5) is 0 Å². The second-order valence-electron chi connectivity index (χ2n) is 12.1. The topological polar surface area (TPSA) is 99.1 Å². The van der Waals surface area contributed by atoms with Crippen LogP contribution in [0.25, 0.3) is 0 Å². The molecule has 0 amide bonds. The van der Waals surface area contributed by atoms with Gasteiger partial charge < -0.3 is 23.8 Å². The van der Waals surface area contributed by atoms with Gasteiger partial charge in [-0.25, -0.2) is 4.79 Å². The molecule has 2 unspecified atom stereocenters. The highest BCUT2D eigenvalue weighted by Gasteiger charge is 2.31. The SMILES string of the molecule is CC/C=C/C/C=C/CCCCC(=O)OC(COCCC(C(=O)O)[N+](C)(C)C)COC(=O)CCCCC/C=C/C=C/CCCC. The molecule has 2 atom stereocenters. The van der Waals surface area contributed by atoms with Crippen LogP contribution in [0, 0.1) is 0 Å². The maximum Gasteiger partial charge on any atom is 0.362 e. The molecule has 0 aromatic carbocycles. The van der Waals surface area contributed by atoms with Gasteiger partial charge in [-0.1, -0.05) is 81.7 Å². The van der Waals surface area contributed by atoms with E-state index in [1.165, 1.54) is 12.8 Å². The van der Waals surface area contributed by atoms with Crippen LogP contribution in [0.5, 0.6) is 0 Å². The number of aliphatic carboxylic acids is 1. The summed E-state index contributed by atoms with van der Waals surface area (Å²) in [4.78, 5) is 36.5. The summed E-state index contributed by atoms with van der Waals surface area (Å²) < 4.78 is 17.0. The number of hydrogen-bond donors (Lipinski definition) is 1. The van der Waals surface area contributed by atoms with Crippen LogP contribution in [0.2, 0.25) is 0 Å². The number of rotatable bonds is 28. The van der Waals surface area contributed by atoms with Crippen LogP contribution in [0.1, 0.15) is 110 Å². The number of allylic oxidation sites excluding steroid dienone is 8. The summed E-state index contributed by atoms with van der Waals surface area (Å²) in [6.07, 6.45) is 28.9. The molecule has 0 saturated carbocycles. The lowest BCUT2D eigenvalue weighted by Crippen LogP contribution is -2.50. The highest BCUT2D eigenvalue weighted by molar-refractivity contribution is 5.72. The number of likely N-dealkylation sites (N-methyl/N-ethyl adjacent to an activating group) is 1. The molecular weight excluding hydrogens is 558 g/mol. The second kappa shape index (κ2) is 27.8. The minimum Gasteiger partial charge on any atom is -0.477 e. The Kier molecular flexibility index (Phi) is 26.1. The van der Waals surface area contributed by atoms with Crippen molar-refractivity contribution in [2.75, 3.05) is 41.0 Å². The third kappa shape index (κ3) is 25.8. The maximum absolute atomic E-state index is 12.5. The monoisotopic (exact) mass is 620 g/mol. The molecule has 0 aromatic rings. The second-order valence-corrected chi connectivity index (χ2v) is 12.1. The maximum atomic E-state index is 12.5. The van der Waals surface area contributed by atoms with Crippen molar-refractivity contribution >= 4 is 17.9 Å². The molecule has 8 heteroatoms. The van der Waals surface area contributed by atoms with Crippen molar-refractivity contribution < 1.29 is 38.2 Å². The Bertz CT molecular complexity index is 870. The van der Waals surface area contributed by atoms with Crippen LogP contribution in [-0.4, -0.2) is 80.6 Å². The third-order valence-corrected chi connectivity index (χ3v) is 6.99. The van der Waals surface area contributed by atoms with E-state index >= 15 is 0 Å². The lowest BCUT2D eigenvalue weighted by Gasteiger charge is -2.31. The van der Waals surface area contributed by atoms with Crippen LogP contribution >= 0.6 is 0 Å². The molecule has 0 aliphatic rings. The quantitative estimate of drug-likeness (QED) is 0.0314. The van der Waals surface area contributed by atoms with Gasteiger partial charge in [-0.3, -0.25) is 9.59 Å². The predicted octanol–water partition coefficient (Wildman–Crippen LogP) is 7.73. The zero-order chi connectivity index (χ0) is 32.9. The summed E-state index contributed by atoms with van der Waals surface area (Å²) in [7, 11) is 5.48. The Hall–Kier alpha value is -2.71. The highest BCUT2D eigenvalue weighted by atomic mass is 16.6. The van der Waals surface area contributed by atoms with E-state index in [4.69, 9.17) is 14.2 Å². The van der Waals surface area contributed by atoms with Gasteiger partial charge in [0, 0.05) is 19.3 Å². The number of esters is 2. The van der Waals surface area contributed by atoms with E-state index < -0.39 is 18.1 Å². The van der Waals surface area contributed by atoms with Gasteiger partial charge in [0.2, 0.25) is 0 Å². The number of carboxylic acid groups (broad SMARTS) is 1. The van der Waals surface area contributed by atoms with E-state index in [0.29, 0.717) is 19.3 Å². The lowest BCUT2D eigenvalue weighted by atomic mass is 10.1. The Labute approximate surface area is 267 Å². The zero-order valence-corrected chi connectivity index (χ0v) is 28.3. The van der Waals surface area contributed by atoms with Gasteiger partial charge >= 0.3 is 17.9 Å². The Morgan fingerprint density at radius 2 is 1.34 bits per heavy atom. The molecule has 0 radical (unpaired) electrons. The molecule has 252 valence electrons. The summed E-state index contributed by atoms with van der Waals surface area (Å²) in [5.41, 5.74) is 0. The average Bonchev–Trinajstić information content (AvgIpc) is 2.96. The molecule has 0 fully saturated rings. The molecule has 0 aromatic heterocycles. The number of nitrogens with zero attached hydrogens (tertiary/aromatic N) is 1. The largest absolute Gasteiger partial charge is 0.477 e. The molecule has 0 heterocycles. The Morgan fingerprint density at radius 1 is 0.727 bits per heavy atom. The van der Waals surface area contributed by atoms with Gasteiger partial charge in [-0.05, 0) is 57.8 Å². The third-order valence-electron chi connectivity index (χ3n) is 6.99. The highest BCUT2D eigenvalue weighted by Crippen LogP contribution is 2.11. The van der Waals surface area contributed by atoms with E-state index in [2.05, 4.69) is 62.5 Å². The number of carboxylic acids is 1. The molecule has 0 spiro atoms. The van der Waals surface area contributed by atoms with Crippen LogP contribution in [0.15, 0.2) is 48.6 Å². The molecule has 0 aliphatic carbocycles. The first kappa shape index (κ1) is 41.3. The van der Waals surface area contributed by atoms with Gasteiger partial charge in [0.1, 0.15) is 6.61 Å². The summed E-state index contributed by atoms with van der Waals surface area (Å²) in [5, 5.41) is 9.53. The van der Waals surface area contributed by atoms with Crippen LogP contribution in [0.3, 0.4) is 0 Å². The molecule has 0 bridgehead atoms. The van der Waals surface area contributed by atoms with Crippen molar-refractivity contribution in [3.8, 4) is 0 Å². The van der Waals surface area contributed by atoms with Crippen LogP contribution < -0.4 is 0 Å². The Balaban J connectivity index is 4.59. The smallest absolute Gasteiger partial charge is 0.362 e. The number of hydrogen-bond acceptors (Lipinski definition) is 6. The van der Waals surface area contributed by atoms with E-state index in [9.17, 15) is 19.5 Å². The van der Waals surface area contributed by atoms with Crippen molar-refractivity contribution in [3.05, 3.63) is 48.6 Å². The van der Waals surface area contributed by atoms with Gasteiger partial charge in [-0.15, -0.1) is 0 Å². The molecule has 0 rings (SSSR count). The normalized spacial score (nSPS) is 13.8. The summed E-state index contributed by atoms with van der Waals surface area (Å²) in [5.74, 6) is -1.56. The minimum absolute atomic E-state index is 0.0374. The number of carbonyl (C=O) groups is 3. The van der Waals surface area contributed by atoms with Crippen molar-refractivity contribution in [1.82, 2.24) is 0 Å². The molecule has 0 aliphatic heterocycles. The Morgan fingerprint density at radius 3 is 2.00 bits per heavy atom. The molecule has 1 N–H and O–H groups in total. The molecule has 8 nitrogen and oxygen atoms in total.